The highest BCUT2D eigenvalue weighted by molar-refractivity contribution is 5.97. The molecule has 2 fully saturated rings. The van der Waals surface area contributed by atoms with Crippen molar-refractivity contribution in [1.82, 2.24) is 34.2 Å². The maximum Gasteiger partial charge on any atom is 0.410 e. The second kappa shape index (κ2) is 11.6. The van der Waals surface area contributed by atoms with Crippen LogP contribution in [0.15, 0.2) is 30.6 Å². The number of nitrogens with zero attached hydrogens (tertiary/aromatic N) is 7. The number of amides is 2. The first kappa shape index (κ1) is 28.8. The van der Waals surface area contributed by atoms with E-state index in [4.69, 9.17) is 9.72 Å². The average Bonchev–Trinajstić information content (AvgIpc) is 3.56. The number of aromatic nitrogens is 4. The van der Waals surface area contributed by atoms with E-state index in [1.54, 1.807) is 25.2 Å². The molecule has 11 heteroatoms. The van der Waals surface area contributed by atoms with E-state index < -0.39 is 5.60 Å². The lowest BCUT2D eigenvalue weighted by Gasteiger charge is -2.40. The van der Waals surface area contributed by atoms with Crippen molar-refractivity contribution in [3.63, 3.8) is 0 Å². The zero-order valence-corrected chi connectivity index (χ0v) is 25.1. The minimum atomic E-state index is -0.499. The summed E-state index contributed by atoms with van der Waals surface area (Å²) in [7, 11) is 3.55. The van der Waals surface area contributed by atoms with Crippen molar-refractivity contribution in [2.24, 2.45) is 0 Å². The van der Waals surface area contributed by atoms with Crippen molar-refractivity contribution in [3.8, 4) is 0 Å². The SMILES string of the molecule is CC1CN(Cc2ccc(Nc3ncc4cc(C(=O)N(C)C)n(C5CCCC5)c4n3)nc2)CCN1C(=O)OC(C)(C)C. The van der Waals surface area contributed by atoms with Crippen LogP contribution in [0, 0.1) is 0 Å². The molecule has 0 radical (unpaired) electrons. The third-order valence-corrected chi connectivity index (χ3v) is 7.70. The van der Waals surface area contributed by atoms with Crippen LogP contribution >= 0.6 is 0 Å². The monoisotopic (exact) mass is 562 g/mol. The fraction of sp³-hybridized carbons (Fsp3) is 0.567. The van der Waals surface area contributed by atoms with Crippen molar-refractivity contribution in [2.45, 2.75) is 77.6 Å². The van der Waals surface area contributed by atoms with Crippen LogP contribution in [0.2, 0.25) is 0 Å². The molecule has 41 heavy (non-hydrogen) atoms. The summed E-state index contributed by atoms with van der Waals surface area (Å²) in [4.78, 5) is 45.2. The Morgan fingerprint density at radius 3 is 2.49 bits per heavy atom. The summed E-state index contributed by atoms with van der Waals surface area (Å²) in [6, 6.07) is 6.21. The summed E-state index contributed by atoms with van der Waals surface area (Å²) in [5.74, 6) is 1.08. The molecule has 1 atom stereocenters. The van der Waals surface area contributed by atoms with Crippen LogP contribution in [0.25, 0.3) is 11.0 Å². The fourth-order valence-electron chi connectivity index (χ4n) is 5.73. The number of carbonyl (C=O) groups is 2. The third kappa shape index (κ3) is 6.61. The van der Waals surface area contributed by atoms with E-state index in [2.05, 4.69) is 31.7 Å². The summed E-state index contributed by atoms with van der Waals surface area (Å²) in [6.45, 7) is 10.7. The molecule has 4 heterocycles. The zero-order chi connectivity index (χ0) is 29.3. The number of ether oxygens (including phenoxy) is 1. The minimum Gasteiger partial charge on any atom is -0.444 e. The molecule has 1 aliphatic carbocycles. The molecule has 2 amide bonds. The van der Waals surface area contributed by atoms with E-state index in [1.165, 1.54) is 0 Å². The van der Waals surface area contributed by atoms with Crippen molar-refractivity contribution in [2.75, 3.05) is 39.0 Å². The average molecular weight is 563 g/mol. The minimum absolute atomic E-state index is 0.0256. The number of pyridine rings is 1. The lowest BCUT2D eigenvalue weighted by Crippen LogP contribution is -2.54. The van der Waals surface area contributed by atoms with Gasteiger partial charge in [-0.1, -0.05) is 18.9 Å². The molecule has 1 saturated heterocycles. The number of rotatable bonds is 6. The van der Waals surface area contributed by atoms with Crippen LogP contribution in [-0.2, 0) is 11.3 Å². The van der Waals surface area contributed by atoms with E-state index in [9.17, 15) is 9.59 Å². The predicted octanol–water partition coefficient (Wildman–Crippen LogP) is 4.83. The second-order valence-corrected chi connectivity index (χ2v) is 12.4. The van der Waals surface area contributed by atoms with E-state index >= 15 is 0 Å². The number of fused-ring (bicyclic) bond motifs is 1. The summed E-state index contributed by atoms with van der Waals surface area (Å²) in [5, 5.41) is 4.09. The maximum absolute atomic E-state index is 13.0. The van der Waals surface area contributed by atoms with Crippen LogP contribution in [0.4, 0.5) is 16.6 Å². The van der Waals surface area contributed by atoms with Crippen molar-refractivity contribution >= 4 is 34.8 Å². The van der Waals surface area contributed by atoms with Gasteiger partial charge in [-0.25, -0.2) is 14.8 Å². The molecule has 3 aromatic heterocycles. The van der Waals surface area contributed by atoms with Gasteiger partial charge in [-0.2, -0.15) is 4.98 Å². The van der Waals surface area contributed by atoms with Gasteiger partial charge in [0.05, 0.1) is 0 Å². The molecular formula is C30H42N8O3. The Balaban J connectivity index is 1.25. The van der Waals surface area contributed by atoms with E-state index in [-0.39, 0.29) is 24.1 Å². The smallest absolute Gasteiger partial charge is 0.410 e. The van der Waals surface area contributed by atoms with Crippen LogP contribution in [0.5, 0.6) is 0 Å². The Morgan fingerprint density at radius 1 is 1.10 bits per heavy atom. The van der Waals surface area contributed by atoms with Crippen molar-refractivity contribution in [3.05, 3.63) is 41.9 Å². The predicted molar refractivity (Wildman–Crippen MR) is 158 cm³/mol. The summed E-state index contributed by atoms with van der Waals surface area (Å²) in [6.07, 6.45) is 7.79. The van der Waals surface area contributed by atoms with Gasteiger partial charge in [0.15, 0.2) is 0 Å². The van der Waals surface area contributed by atoms with Gasteiger partial charge in [-0.3, -0.25) is 9.69 Å². The molecule has 5 rings (SSSR count). The summed E-state index contributed by atoms with van der Waals surface area (Å²) < 4.78 is 7.67. The van der Waals surface area contributed by atoms with Crippen LogP contribution in [0.3, 0.4) is 0 Å². The topological polar surface area (TPSA) is 109 Å². The van der Waals surface area contributed by atoms with Gasteiger partial charge in [0.2, 0.25) is 5.95 Å². The molecule has 1 aliphatic heterocycles. The Labute approximate surface area is 241 Å². The van der Waals surface area contributed by atoms with Gasteiger partial charge in [0, 0.05) is 70.1 Å². The first-order valence-electron chi connectivity index (χ1n) is 14.5. The van der Waals surface area contributed by atoms with Crippen LogP contribution < -0.4 is 5.32 Å². The van der Waals surface area contributed by atoms with Crippen molar-refractivity contribution < 1.29 is 14.3 Å². The quantitative estimate of drug-likeness (QED) is 0.455. The number of nitrogens with one attached hydrogen (secondary N) is 1. The second-order valence-electron chi connectivity index (χ2n) is 12.4. The largest absolute Gasteiger partial charge is 0.444 e. The standard InChI is InChI=1S/C30H42N8O3/c1-20-18-36(13-14-37(20)29(40)41-30(2,3)4)19-21-11-12-25(31-16-21)33-28-32-17-22-15-24(27(39)35(5)6)38(26(22)34-28)23-9-7-8-10-23/h11-12,15-17,20,23H,7-10,13-14,18-19H2,1-6H3,(H,31,32,33,34). The summed E-state index contributed by atoms with van der Waals surface area (Å²) >= 11 is 0. The summed E-state index contributed by atoms with van der Waals surface area (Å²) in [5.41, 5.74) is 2.02. The van der Waals surface area contributed by atoms with E-state index in [0.29, 0.717) is 24.0 Å². The molecule has 0 bridgehead atoms. The first-order valence-corrected chi connectivity index (χ1v) is 14.5. The number of carbonyl (C=O) groups excluding carboxylic acids is 2. The normalized spacial score (nSPS) is 18.6. The molecule has 11 nitrogen and oxygen atoms in total. The molecular weight excluding hydrogens is 520 g/mol. The van der Waals surface area contributed by atoms with E-state index in [0.717, 1.165) is 61.9 Å². The highest BCUT2D eigenvalue weighted by Crippen LogP contribution is 2.35. The zero-order valence-electron chi connectivity index (χ0n) is 25.1. The molecule has 0 spiro atoms. The lowest BCUT2D eigenvalue weighted by atomic mass is 10.1. The van der Waals surface area contributed by atoms with Gasteiger partial charge < -0.3 is 24.4 Å². The highest BCUT2D eigenvalue weighted by atomic mass is 16.6. The van der Waals surface area contributed by atoms with E-state index in [1.807, 2.05) is 50.1 Å². The molecule has 1 N–H and O–H groups in total. The molecule has 2 aliphatic rings. The van der Waals surface area contributed by atoms with Crippen LogP contribution in [-0.4, -0.2) is 91.6 Å². The third-order valence-electron chi connectivity index (χ3n) is 7.70. The van der Waals surface area contributed by atoms with Gasteiger partial charge >= 0.3 is 6.09 Å². The Kier molecular flexibility index (Phi) is 8.17. The van der Waals surface area contributed by atoms with Crippen molar-refractivity contribution in [1.29, 1.82) is 0 Å². The molecule has 0 aromatic carbocycles. The van der Waals surface area contributed by atoms with Gasteiger partial charge in [0.1, 0.15) is 22.8 Å². The van der Waals surface area contributed by atoms with Gasteiger partial charge in [-0.15, -0.1) is 0 Å². The first-order chi connectivity index (χ1) is 19.5. The number of anilines is 2. The Bertz CT molecular complexity index is 1390. The molecule has 220 valence electrons. The number of hydrogen-bond acceptors (Lipinski definition) is 8. The molecule has 1 saturated carbocycles. The molecule has 1 unspecified atom stereocenters. The van der Waals surface area contributed by atoms with Crippen LogP contribution in [0.1, 0.15) is 75.5 Å². The van der Waals surface area contributed by atoms with Gasteiger partial charge in [0.25, 0.3) is 5.91 Å². The Morgan fingerprint density at radius 2 is 1.85 bits per heavy atom. The lowest BCUT2D eigenvalue weighted by molar-refractivity contribution is 0.000539. The number of piperazine rings is 1. The molecule has 3 aromatic rings. The Hall–Kier alpha value is -3.73. The maximum atomic E-state index is 13.0. The van der Waals surface area contributed by atoms with Gasteiger partial charge in [-0.05, 0) is 58.2 Å². The highest BCUT2D eigenvalue weighted by Gasteiger charge is 2.31. The fourth-order valence-corrected chi connectivity index (χ4v) is 5.73. The number of hydrogen-bond donors (Lipinski definition) is 1.